The Morgan fingerprint density at radius 3 is 2.03 bits per heavy atom. The largest absolute Gasteiger partial charge is 0.497 e. The van der Waals surface area contributed by atoms with Crippen LogP contribution in [-0.4, -0.2) is 48.2 Å². The van der Waals surface area contributed by atoms with Gasteiger partial charge in [0.05, 0.1) is 25.4 Å². The van der Waals surface area contributed by atoms with E-state index in [1.165, 1.54) is 16.7 Å². The lowest BCUT2D eigenvalue weighted by atomic mass is 9.96. The number of methoxy groups -OCH3 is 1. The van der Waals surface area contributed by atoms with Gasteiger partial charge in [0.1, 0.15) is 5.75 Å². The van der Waals surface area contributed by atoms with Crippen molar-refractivity contribution in [2.45, 2.75) is 19.0 Å². The third-order valence-electron chi connectivity index (χ3n) is 6.53. The highest BCUT2D eigenvalue weighted by Crippen LogP contribution is 2.29. The second kappa shape index (κ2) is 10.7. The average molecular weight is 454 g/mol. The summed E-state index contributed by atoms with van der Waals surface area (Å²) in [4.78, 5) is 5.05. The molecule has 0 radical (unpaired) electrons. The van der Waals surface area contributed by atoms with E-state index in [-0.39, 0.29) is 6.04 Å². The highest BCUT2D eigenvalue weighted by molar-refractivity contribution is 5.32. The molecule has 34 heavy (non-hydrogen) atoms. The van der Waals surface area contributed by atoms with Crippen LogP contribution in [0.5, 0.6) is 5.75 Å². The molecule has 1 aliphatic heterocycles. The number of rotatable bonds is 8. The Labute approximate surface area is 201 Å². The summed E-state index contributed by atoms with van der Waals surface area (Å²) in [7, 11) is 1.68. The Morgan fingerprint density at radius 1 is 0.824 bits per heavy atom. The molecule has 4 aromatic rings. The van der Waals surface area contributed by atoms with Crippen LogP contribution in [0.15, 0.2) is 95.5 Å². The molecular formula is C29H31N3O2. The van der Waals surface area contributed by atoms with Crippen LogP contribution in [0.25, 0.3) is 0 Å². The van der Waals surface area contributed by atoms with Gasteiger partial charge in [-0.25, -0.2) is 0 Å². The zero-order valence-corrected chi connectivity index (χ0v) is 19.6. The van der Waals surface area contributed by atoms with Crippen molar-refractivity contribution >= 4 is 0 Å². The van der Waals surface area contributed by atoms with Crippen LogP contribution in [0.4, 0.5) is 0 Å². The molecule has 1 aromatic heterocycles. The summed E-state index contributed by atoms with van der Waals surface area (Å²) in [5.41, 5.74) is 4.86. The molecule has 1 aliphatic rings. The van der Waals surface area contributed by atoms with Crippen LogP contribution in [0.3, 0.4) is 0 Å². The Kier molecular flexibility index (Phi) is 7.03. The van der Waals surface area contributed by atoms with Gasteiger partial charge < -0.3 is 9.26 Å². The van der Waals surface area contributed by atoms with E-state index in [0.29, 0.717) is 0 Å². The van der Waals surface area contributed by atoms with Crippen molar-refractivity contribution < 1.29 is 9.26 Å². The number of benzene rings is 3. The van der Waals surface area contributed by atoms with E-state index in [0.717, 1.165) is 56.3 Å². The van der Waals surface area contributed by atoms with E-state index in [2.05, 4.69) is 93.8 Å². The quantitative estimate of drug-likeness (QED) is 0.368. The predicted octanol–water partition coefficient (Wildman–Crippen LogP) is 5.18. The minimum Gasteiger partial charge on any atom is -0.497 e. The lowest BCUT2D eigenvalue weighted by Crippen LogP contribution is -2.47. The highest BCUT2D eigenvalue weighted by atomic mass is 16.5. The van der Waals surface area contributed by atoms with Gasteiger partial charge >= 0.3 is 0 Å². The maximum Gasteiger partial charge on any atom is 0.150 e. The molecular weight excluding hydrogens is 422 g/mol. The minimum atomic E-state index is 0.283. The van der Waals surface area contributed by atoms with Crippen molar-refractivity contribution in [3.63, 3.8) is 0 Å². The summed E-state index contributed by atoms with van der Waals surface area (Å²) in [5, 5.41) is 4.30. The van der Waals surface area contributed by atoms with Gasteiger partial charge in [-0.05, 0) is 28.8 Å². The monoisotopic (exact) mass is 453 g/mol. The molecule has 0 bridgehead atoms. The summed E-state index contributed by atoms with van der Waals surface area (Å²) in [6.45, 7) is 4.84. The minimum absolute atomic E-state index is 0.283. The molecule has 1 fully saturated rings. The Balaban J connectivity index is 1.20. The van der Waals surface area contributed by atoms with Gasteiger partial charge in [0.2, 0.25) is 0 Å². The van der Waals surface area contributed by atoms with Crippen LogP contribution in [0.1, 0.15) is 34.2 Å². The first-order valence-corrected chi connectivity index (χ1v) is 11.9. The first-order chi connectivity index (χ1) is 16.8. The second-order valence-corrected chi connectivity index (χ2v) is 8.85. The summed E-state index contributed by atoms with van der Waals surface area (Å²) < 4.78 is 10.9. The average Bonchev–Trinajstić information content (AvgIpc) is 3.33. The zero-order valence-electron chi connectivity index (χ0n) is 19.6. The van der Waals surface area contributed by atoms with Crippen molar-refractivity contribution in [3.8, 4) is 5.75 Å². The third-order valence-corrected chi connectivity index (χ3v) is 6.53. The van der Waals surface area contributed by atoms with Crippen molar-refractivity contribution in [1.29, 1.82) is 0 Å². The van der Waals surface area contributed by atoms with Gasteiger partial charge in [-0.3, -0.25) is 9.80 Å². The highest BCUT2D eigenvalue weighted by Gasteiger charge is 2.26. The number of hydrogen-bond donors (Lipinski definition) is 0. The van der Waals surface area contributed by atoms with E-state index in [9.17, 15) is 0 Å². The maximum atomic E-state index is 5.67. The molecule has 0 N–H and O–H groups in total. The molecule has 5 nitrogen and oxygen atoms in total. The van der Waals surface area contributed by atoms with Crippen LogP contribution >= 0.6 is 0 Å². The molecule has 3 aromatic carbocycles. The van der Waals surface area contributed by atoms with Crippen LogP contribution in [0, 0.1) is 0 Å². The van der Waals surface area contributed by atoms with Crippen LogP contribution < -0.4 is 4.74 Å². The number of ether oxygens (including phenoxy) is 1. The van der Waals surface area contributed by atoms with Gasteiger partial charge in [-0.15, -0.1) is 0 Å². The smallest absolute Gasteiger partial charge is 0.150 e. The fourth-order valence-corrected chi connectivity index (χ4v) is 4.75. The van der Waals surface area contributed by atoms with Gasteiger partial charge in [0, 0.05) is 38.7 Å². The molecule has 0 amide bonds. The van der Waals surface area contributed by atoms with Crippen molar-refractivity contribution in [1.82, 2.24) is 15.0 Å². The Bertz CT molecular complexity index is 1110. The number of hydrogen-bond acceptors (Lipinski definition) is 5. The van der Waals surface area contributed by atoms with Gasteiger partial charge in [-0.2, -0.15) is 0 Å². The Hall–Kier alpha value is -3.41. The molecule has 0 atom stereocenters. The van der Waals surface area contributed by atoms with Crippen LogP contribution in [0.2, 0.25) is 0 Å². The summed E-state index contributed by atoms with van der Waals surface area (Å²) in [6, 6.07) is 32.1. The first kappa shape index (κ1) is 22.4. The normalized spacial score (nSPS) is 15.0. The third kappa shape index (κ3) is 5.38. The van der Waals surface area contributed by atoms with Gasteiger partial charge in [0.25, 0.3) is 0 Å². The standard InChI is InChI=1S/C29H31N3O2/c1-33-27-14-12-23(13-15-27)20-26-21-28(34-30-26)22-31-16-18-32(19-17-31)29(24-8-4-2-5-9-24)25-10-6-3-7-11-25/h2-15,21,29H,16-20,22H2,1H3. The van der Waals surface area contributed by atoms with Crippen molar-refractivity contribution in [2.24, 2.45) is 0 Å². The lowest BCUT2D eigenvalue weighted by Gasteiger charge is -2.39. The van der Waals surface area contributed by atoms with E-state index in [1.807, 2.05) is 12.1 Å². The summed E-state index contributed by atoms with van der Waals surface area (Å²) in [6.07, 6.45) is 0.761. The fourth-order valence-electron chi connectivity index (χ4n) is 4.75. The fraction of sp³-hybridized carbons (Fsp3) is 0.276. The molecule has 0 aliphatic carbocycles. The SMILES string of the molecule is COc1ccc(Cc2cc(CN3CCN(C(c4ccccc4)c4ccccc4)CC3)on2)cc1. The maximum absolute atomic E-state index is 5.67. The predicted molar refractivity (Wildman–Crippen MR) is 134 cm³/mol. The second-order valence-electron chi connectivity index (χ2n) is 8.85. The zero-order chi connectivity index (χ0) is 23.2. The van der Waals surface area contributed by atoms with Crippen LogP contribution in [-0.2, 0) is 13.0 Å². The molecule has 5 heteroatoms. The van der Waals surface area contributed by atoms with Crippen molar-refractivity contribution in [2.75, 3.05) is 33.3 Å². The van der Waals surface area contributed by atoms with E-state index >= 15 is 0 Å². The molecule has 5 rings (SSSR count). The summed E-state index contributed by atoms with van der Waals surface area (Å²) >= 11 is 0. The molecule has 0 spiro atoms. The van der Waals surface area contributed by atoms with E-state index < -0.39 is 0 Å². The van der Waals surface area contributed by atoms with Gasteiger partial charge in [0.15, 0.2) is 5.76 Å². The Morgan fingerprint density at radius 2 is 1.44 bits per heavy atom. The summed E-state index contributed by atoms with van der Waals surface area (Å²) in [5.74, 6) is 1.80. The van der Waals surface area contributed by atoms with E-state index in [1.54, 1.807) is 7.11 Å². The molecule has 0 unspecified atom stereocenters. The molecule has 0 saturated carbocycles. The van der Waals surface area contributed by atoms with Crippen molar-refractivity contribution in [3.05, 3.63) is 119 Å². The lowest BCUT2D eigenvalue weighted by molar-refractivity contribution is 0.0979. The van der Waals surface area contributed by atoms with Gasteiger partial charge in [-0.1, -0.05) is 78.0 Å². The molecule has 174 valence electrons. The van der Waals surface area contributed by atoms with E-state index in [4.69, 9.17) is 9.26 Å². The number of piperazine rings is 1. The first-order valence-electron chi connectivity index (χ1n) is 11.9. The number of aromatic nitrogens is 1. The molecule has 2 heterocycles. The topological polar surface area (TPSA) is 41.7 Å². The molecule has 1 saturated heterocycles. The number of nitrogens with zero attached hydrogens (tertiary/aromatic N) is 3.